The van der Waals surface area contributed by atoms with E-state index >= 15 is 0 Å². The van der Waals surface area contributed by atoms with Gasteiger partial charge in [0.1, 0.15) is 17.6 Å². The molecule has 1 fully saturated rings. The van der Waals surface area contributed by atoms with Crippen molar-refractivity contribution in [3.63, 3.8) is 0 Å². The van der Waals surface area contributed by atoms with Crippen LogP contribution in [0.4, 0.5) is 0 Å². The van der Waals surface area contributed by atoms with Crippen molar-refractivity contribution in [3.8, 4) is 6.07 Å². The number of hydrogen-bond donors (Lipinski definition) is 0. The van der Waals surface area contributed by atoms with Gasteiger partial charge in [-0.25, -0.2) is 9.97 Å². The zero-order valence-electron chi connectivity index (χ0n) is 15.4. The smallest absolute Gasteiger partial charge is 0.255 e. The molecule has 0 aromatic carbocycles. The van der Waals surface area contributed by atoms with Gasteiger partial charge in [-0.2, -0.15) is 5.26 Å². The Morgan fingerprint density at radius 2 is 2.11 bits per heavy atom. The van der Waals surface area contributed by atoms with E-state index in [1.807, 2.05) is 41.6 Å². The first kappa shape index (κ1) is 17.9. The molecule has 0 spiro atoms. The number of aromatic nitrogens is 4. The highest BCUT2D eigenvalue weighted by Gasteiger charge is 2.28. The Morgan fingerprint density at radius 3 is 2.86 bits per heavy atom. The third kappa shape index (κ3) is 3.76. The van der Waals surface area contributed by atoms with Crippen LogP contribution in [0, 0.1) is 11.3 Å². The lowest BCUT2D eigenvalue weighted by Gasteiger charge is -2.32. The van der Waals surface area contributed by atoms with Gasteiger partial charge in [-0.15, -0.1) is 0 Å². The summed E-state index contributed by atoms with van der Waals surface area (Å²) < 4.78 is 2.12. The molecule has 3 aromatic rings. The van der Waals surface area contributed by atoms with Crippen molar-refractivity contribution in [2.45, 2.75) is 25.3 Å². The molecule has 0 radical (unpaired) electrons. The number of amides is 1. The first-order chi connectivity index (χ1) is 13.7. The number of carbonyl (C=O) groups excluding carboxylic acids is 1. The Balaban J connectivity index is 1.49. The fraction of sp³-hybridized carbons (Fsp3) is 0.286. The van der Waals surface area contributed by atoms with Crippen molar-refractivity contribution >= 4 is 5.91 Å². The molecule has 7 nitrogen and oxygen atoms in total. The zero-order valence-corrected chi connectivity index (χ0v) is 15.4. The zero-order chi connectivity index (χ0) is 19.3. The molecule has 140 valence electrons. The standard InChI is InChI=1S/C21H20N6O/c22-12-18-7-6-16(13-25-18)21(28)27-10-3-4-17(14-27)20-24-9-11-26(20)15-19-5-1-2-8-23-19/h1-2,5-9,11,13,17H,3-4,10,14-15H2/t17-/m0/s1. The maximum atomic E-state index is 12.9. The molecule has 0 unspecified atom stereocenters. The average Bonchev–Trinajstić information content (AvgIpc) is 3.22. The Morgan fingerprint density at radius 1 is 1.18 bits per heavy atom. The van der Waals surface area contributed by atoms with E-state index in [0.29, 0.717) is 24.3 Å². The second-order valence-corrected chi connectivity index (χ2v) is 6.87. The van der Waals surface area contributed by atoms with Crippen LogP contribution in [0.3, 0.4) is 0 Å². The second-order valence-electron chi connectivity index (χ2n) is 6.87. The van der Waals surface area contributed by atoms with Gasteiger partial charge >= 0.3 is 0 Å². The molecule has 1 saturated heterocycles. The summed E-state index contributed by atoms with van der Waals surface area (Å²) in [4.78, 5) is 27.7. The number of pyridine rings is 2. The number of carbonyl (C=O) groups is 1. The number of rotatable bonds is 4. The molecule has 0 saturated carbocycles. The molecule has 1 atom stereocenters. The minimum atomic E-state index is -0.0514. The fourth-order valence-electron chi connectivity index (χ4n) is 3.62. The van der Waals surface area contributed by atoms with Gasteiger partial charge in [0, 0.05) is 43.8 Å². The lowest BCUT2D eigenvalue weighted by Crippen LogP contribution is -2.39. The molecule has 28 heavy (non-hydrogen) atoms. The van der Waals surface area contributed by atoms with Gasteiger partial charge in [0.05, 0.1) is 17.8 Å². The topological polar surface area (TPSA) is 87.7 Å². The van der Waals surface area contributed by atoms with Gasteiger partial charge in [0.15, 0.2) is 0 Å². The molecule has 1 amide bonds. The molecule has 0 bridgehead atoms. The lowest BCUT2D eigenvalue weighted by molar-refractivity contribution is 0.0703. The third-order valence-corrected chi connectivity index (χ3v) is 5.00. The van der Waals surface area contributed by atoms with E-state index in [4.69, 9.17) is 5.26 Å². The number of imidazole rings is 1. The first-order valence-corrected chi connectivity index (χ1v) is 9.31. The van der Waals surface area contributed by atoms with Gasteiger partial charge in [0.2, 0.25) is 0 Å². The maximum Gasteiger partial charge on any atom is 0.255 e. The lowest BCUT2D eigenvalue weighted by atomic mass is 9.96. The Labute approximate surface area is 163 Å². The van der Waals surface area contributed by atoms with Crippen molar-refractivity contribution in [1.29, 1.82) is 5.26 Å². The predicted octanol–water partition coefficient (Wildman–Crippen LogP) is 2.61. The van der Waals surface area contributed by atoms with E-state index in [9.17, 15) is 4.79 Å². The van der Waals surface area contributed by atoms with Crippen molar-refractivity contribution in [2.24, 2.45) is 0 Å². The van der Waals surface area contributed by atoms with Crippen LogP contribution in [-0.2, 0) is 6.54 Å². The maximum absolute atomic E-state index is 12.9. The summed E-state index contributed by atoms with van der Waals surface area (Å²) in [6.45, 7) is 2.01. The SMILES string of the molecule is N#Cc1ccc(C(=O)N2CCC[C@H](c3nccn3Cc3ccccn3)C2)cn1. The average molecular weight is 372 g/mol. The number of nitriles is 1. The molecule has 1 aliphatic rings. The van der Waals surface area contributed by atoms with Gasteiger partial charge < -0.3 is 9.47 Å². The molecule has 7 heteroatoms. The summed E-state index contributed by atoms with van der Waals surface area (Å²) in [6, 6.07) is 11.1. The summed E-state index contributed by atoms with van der Waals surface area (Å²) in [7, 11) is 0. The first-order valence-electron chi connectivity index (χ1n) is 9.31. The molecule has 4 heterocycles. The van der Waals surface area contributed by atoms with Gasteiger partial charge in [0.25, 0.3) is 5.91 Å². The van der Waals surface area contributed by atoms with Crippen molar-refractivity contribution in [1.82, 2.24) is 24.4 Å². The van der Waals surface area contributed by atoms with Crippen molar-refractivity contribution in [2.75, 3.05) is 13.1 Å². The second kappa shape index (κ2) is 8.01. The Kier molecular flexibility index (Phi) is 5.11. The largest absolute Gasteiger partial charge is 0.338 e. The van der Waals surface area contributed by atoms with Gasteiger partial charge in [-0.3, -0.25) is 9.78 Å². The summed E-state index contributed by atoms with van der Waals surface area (Å²) in [5.74, 6) is 1.12. The van der Waals surface area contributed by atoms with E-state index in [1.165, 1.54) is 6.20 Å². The van der Waals surface area contributed by atoms with Crippen LogP contribution in [0.15, 0.2) is 55.1 Å². The van der Waals surface area contributed by atoms with Crippen molar-refractivity contribution in [3.05, 3.63) is 77.9 Å². The highest BCUT2D eigenvalue weighted by molar-refractivity contribution is 5.94. The highest BCUT2D eigenvalue weighted by atomic mass is 16.2. The summed E-state index contributed by atoms with van der Waals surface area (Å²) >= 11 is 0. The minimum Gasteiger partial charge on any atom is -0.338 e. The molecule has 4 rings (SSSR count). The summed E-state index contributed by atoms with van der Waals surface area (Å²) in [6.07, 6.45) is 8.97. The van der Waals surface area contributed by atoms with Crippen LogP contribution >= 0.6 is 0 Å². The molecule has 3 aromatic heterocycles. The number of piperidine rings is 1. The van der Waals surface area contributed by atoms with Crippen LogP contribution in [0.5, 0.6) is 0 Å². The third-order valence-electron chi connectivity index (χ3n) is 5.00. The van der Waals surface area contributed by atoms with Crippen molar-refractivity contribution < 1.29 is 4.79 Å². The minimum absolute atomic E-state index is 0.0514. The van der Waals surface area contributed by atoms with E-state index in [2.05, 4.69) is 19.5 Å². The summed E-state index contributed by atoms with van der Waals surface area (Å²) in [5, 5.41) is 8.87. The van der Waals surface area contributed by atoms with Crippen LogP contribution in [0.2, 0.25) is 0 Å². The highest BCUT2D eigenvalue weighted by Crippen LogP contribution is 2.27. The van der Waals surface area contributed by atoms with E-state index in [1.54, 1.807) is 18.3 Å². The molecule has 1 aliphatic heterocycles. The number of nitrogens with zero attached hydrogens (tertiary/aromatic N) is 6. The van der Waals surface area contributed by atoms with Crippen LogP contribution in [0.1, 0.15) is 46.3 Å². The number of hydrogen-bond acceptors (Lipinski definition) is 5. The van der Waals surface area contributed by atoms with E-state index in [0.717, 1.165) is 30.9 Å². The normalized spacial score (nSPS) is 16.5. The molecule has 0 aliphatic carbocycles. The fourth-order valence-corrected chi connectivity index (χ4v) is 3.62. The molecular weight excluding hydrogens is 352 g/mol. The van der Waals surface area contributed by atoms with Crippen LogP contribution < -0.4 is 0 Å². The summed E-state index contributed by atoms with van der Waals surface area (Å²) in [5.41, 5.74) is 1.80. The number of likely N-dealkylation sites (tertiary alicyclic amines) is 1. The Bertz CT molecular complexity index is 990. The van der Waals surface area contributed by atoms with Crippen LogP contribution in [0.25, 0.3) is 0 Å². The van der Waals surface area contributed by atoms with E-state index in [-0.39, 0.29) is 11.8 Å². The molecule has 0 N–H and O–H groups in total. The van der Waals surface area contributed by atoms with Crippen LogP contribution in [-0.4, -0.2) is 43.4 Å². The van der Waals surface area contributed by atoms with Gasteiger partial charge in [-0.05, 0) is 37.1 Å². The van der Waals surface area contributed by atoms with E-state index < -0.39 is 0 Å². The predicted molar refractivity (Wildman–Crippen MR) is 102 cm³/mol. The Hall–Kier alpha value is -3.53. The quantitative estimate of drug-likeness (QED) is 0.702. The van der Waals surface area contributed by atoms with Gasteiger partial charge in [-0.1, -0.05) is 6.07 Å². The monoisotopic (exact) mass is 372 g/mol. The molecular formula is C21H20N6O.